The molecule has 1 aromatic rings. The van der Waals surface area contributed by atoms with Crippen molar-refractivity contribution in [1.29, 1.82) is 0 Å². The molecular formula is C15H21FN2O2. The van der Waals surface area contributed by atoms with Gasteiger partial charge in [0.05, 0.1) is 18.2 Å². The van der Waals surface area contributed by atoms with Gasteiger partial charge < -0.3 is 15.7 Å². The van der Waals surface area contributed by atoms with E-state index in [1.807, 2.05) is 13.8 Å². The highest BCUT2D eigenvalue weighted by atomic mass is 19.1. The number of halogens is 1. The van der Waals surface area contributed by atoms with E-state index in [0.717, 1.165) is 5.56 Å². The van der Waals surface area contributed by atoms with Gasteiger partial charge in [-0.05, 0) is 30.0 Å². The monoisotopic (exact) mass is 280 g/mol. The summed E-state index contributed by atoms with van der Waals surface area (Å²) in [7, 11) is 0. The second-order valence-electron chi connectivity index (χ2n) is 5.63. The van der Waals surface area contributed by atoms with Crippen LogP contribution in [0.4, 0.5) is 4.39 Å². The van der Waals surface area contributed by atoms with E-state index in [1.54, 1.807) is 12.1 Å². The molecule has 1 fully saturated rings. The lowest BCUT2D eigenvalue weighted by Crippen LogP contribution is -2.43. The maximum absolute atomic E-state index is 13.0. The first-order valence-corrected chi connectivity index (χ1v) is 6.94. The van der Waals surface area contributed by atoms with Crippen molar-refractivity contribution in [2.24, 2.45) is 5.92 Å². The number of rotatable bonds is 4. The lowest BCUT2D eigenvalue weighted by molar-refractivity contribution is -0.124. The van der Waals surface area contributed by atoms with Crippen molar-refractivity contribution in [3.05, 3.63) is 35.6 Å². The van der Waals surface area contributed by atoms with Gasteiger partial charge in [0.15, 0.2) is 0 Å². The summed E-state index contributed by atoms with van der Waals surface area (Å²) in [6.45, 7) is 4.46. The van der Waals surface area contributed by atoms with E-state index in [0.29, 0.717) is 13.0 Å². The summed E-state index contributed by atoms with van der Waals surface area (Å²) in [6.07, 6.45) is -0.0332. The van der Waals surface area contributed by atoms with E-state index < -0.39 is 6.10 Å². The molecule has 1 amide bonds. The highest BCUT2D eigenvalue weighted by Crippen LogP contribution is 2.22. The second kappa shape index (κ2) is 6.33. The molecule has 3 unspecified atom stereocenters. The van der Waals surface area contributed by atoms with Gasteiger partial charge >= 0.3 is 0 Å². The van der Waals surface area contributed by atoms with Gasteiger partial charge in [0, 0.05) is 6.54 Å². The molecule has 3 atom stereocenters. The molecule has 0 aliphatic carbocycles. The van der Waals surface area contributed by atoms with Crippen molar-refractivity contribution in [3.8, 4) is 0 Å². The van der Waals surface area contributed by atoms with Gasteiger partial charge in [-0.3, -0.25) is 4.79 Å². The summed E-state index contributed by atoms with van der Waals surface area (Å²) in [5, 5.41) is 15.4. The van der Waals surface area contributed by atoms with Crippen molar-refractivity contribution < 1.29 is 14.3 Å². The zero-order valence-corrected chi connectivity index (χ0v) is 11.8. The third kappa shape index (κ3) is 3.55. The quantitative estimate of drug-likeness (QED) is 0.780. The molecule has 0 spiro atoms. The lowest BCUT2D eigenvalue weighted by atomic mass is 9.95. The standard InChI is InChI=1S/C15H21FN2O2/c1-9(2)14(10-3-5-11(16)6-4-10)18-15(20)13-7-12(19)8-17-13/h3-6,9,12-14,17,19H,7-8H2,1-2H3,(H,18,20). The SMILES string of the molecule is CC(C)C(NC(=O)C1CC(O)CN1)c1ccc(F)cc1. The summed E-state index contributed by atoms with van der Waals surface area (Å²) >= 11 is 0. The number of carbonyl (C=O) groups is 1. The van der Waals surface area contributed by atoms with Crippen LogP contribution in [0.2, 0.25) is 0 Å². The molecule has 1 aromatic carbocycles. The van der Waals surface area contributed by atoms with Crippen molar-refractivity contribution in [2.45, 2.75) is 38.5 Å². The number of carbonyl (C=O) groups excluding carboxylic acids is 1. The highest BCUT2D eigenvalue weighted by Gasteiger charge is 2.30. The van der Waals surface area contributed by atoms with E-state index in [4.69, 9.17) is 0 Å². The Morgan fingerprint density at radius 1 is 1.40 bits per heavy atom. The van der Waals surface area contributed by atoms with E-state index in [2.05, 4.69) is 10.6 Å². The Labute approximate surface area is 118 Å². The fourth-order valence-corrected chi connectivity index (χ4v) is 2.48. The minimum Gasteiger partial charge on any atom is -0.392 e. The minimum absolute atomic E-state index is 0.121. The molecule has 1 aliphatic heterocycles. The summed E-state index contributed by atoms with van der Waals surface area (Å²) in [4.78, 5) is 12.2. The zero-order valence-electron chi connectivity index (χ0n) is 11.8. The smallest absolute Gasteiger partial charge is 0.237 e. The molecule has 110 valence electrons. The Kier molecular flexibility index (Phi) is 4.73. The largest absolute Gasteiger partial charge is 0.392 e. The molecule has 2 rings (SSSR count). The average molecular weight is 280 g/mol. The van der Waals surface area contributed by atoms with E-state index in [1.165, 1.54) is 12.1 Å². The Morgan fingerprint density at radius 3 is 2.55 bits per heavy atom. The number of hydrogen-bond donors (Lipinski definition) is 3. The van der Waals surface area contributed by atoms with Gasteiger partial charge in [0.1, 0.15) is 5.82 Å². The predicted molar refractivity (Wildman–Crippen MR) is 74.5 cm³/mol. The van der Waals surface area contributed by atoms with Crippen LogP contribution in [0.25, 0.3) is 0 Å². The first kappa shape index (κ1) is 14.9. The summed E-state index contributed by atoms with van der Waals surface area (Å²) in [6, 6.07) is 5.66. The summed E-state index contributed by atoms with van der Waals surface area (Å²) in [5.74, 6) is -0.219. The third-order valence-corrected chi connectivity index (χ3v) is 3.62. The molecule has 0 aromatic heterocycles. The maximum Gasteiger partial charge on any atom is 0.237 e. The van der Waals surface area contributed by atoms with Crippen LogP contribution in [0.1, 0.15) is 31.9 Å². The molecule has 3 N–H and O–H groups in total. The molecule has 1 heterocycles. The maximum atomic E-state index is 13.0. The Balaban J connectivity index is 2.06. The van der Waals surface area contributed by atoms with Crippen molar-refractivity contribution in [2.75, 3.05) is 6.54 Å². The molecule has 20 heavy (non-hydrogen) atoms. The van der Waals surface area contributed by atoms with E-state index in [-0.39, 0.29) is 29.7 Å². The van der Waals surface area contributed by atoms with Crippen LogP contribution in [0.3, 0.4) is 0 Å². The van der Waals surface area contributed by atoms with Crippen LogP contribution in [0.15, 0.2) is 24.3 Å². The molecule has 1 aliphatic rings. The Morgan fingerprint density at radius 2 is 2.05 bits per heavy atom. The molecule has 4 nitrogen and oxygen atoms in total. The first-order valence-electron chi connectivity index (χ1n) is 6.94. The number of nitrogens with one attached hydrogen (secondary N) is 2. The molecule has 5 heteroatoms. The van der Waals surface area contributed by atoms with Crippen molar-refractivity contribution in [3.63, 3.8) is 0 Å². The number of hydrogen-bond acceptors (Lipinski definition) is 3. The van der Waals surface area contributed by atoms with Gasteiger partial charge in [-0.2, -0.15) is 0 Å². The number of benzene rings is 1. The average Bonchev–Trinajstić information content (AvgIpc) is 2.83. The number of aliphatic hydroxyl groups excluding tert-OH is 1. The number of amides is 1. The minimum atomic E-state index is -0.464. The topological polar surface area (TPSA) is 61.4 Å². The van der Waals surface area contributed by atoms with Crippen LogP contribution in [-0.4, -0.2) is 29.7 Å². The zero-order chi connectivity index (χ0) is 14.7. The second-order valence-corrected chi connectivity index (χ2v) is 5.63. The normalized spacial score (nSPS) is 23.9. The van der Waals surface area contributed by atoms with E-state index >= 15 is 0 Å². The molecular weight excluding hydrogens is 259 g/mol. The van der Waals surface area contributed by atoms with Gasteiger partial charge in [-0.25, -0.2) is 4.39 Å². The third-order valence-electron chi connectivity index (χ3n) is 3.62. The molecule has 0 radical (unpaired) electrons. The lowest BCUT2D eigenvalue weighted by Gasteiger charge is -2.24. The van der Waals surface area contributed by atoms with Crippen LogP contribution in [0, 0.1) is 11.7 Å². The highest BCUT2D eigenvalue weighted by molar-refractivity contribution is 5.82. The molecule has 0 saturated carbocycles. The van der Waals surface area contributed by atoms with E-state index in [9.17, 15) is 14.3 Å². The fraction of sp³-hybridized carbons (Fsp3) is 0.533. The van der Waals surface area contributed by atoms with Crippen LogP contribution in [-0.2, 0) is 4.79 Å². The number of β-amino-alcohol motifs (C(OH)–C–C–N with tert-alkyl or cyclic N) is 1. The van der Waals surface area contributed by atoms with Crippen LogP contribution in [0.5, 0.6) is 0 Å². The van der Waals surface area contributed by atoms with Crippen LogP contribution >= 0.6 is 0 Å². The van der Waals surface area contributed by atoms with Gasteiger partial charge in [0.25, 0.3) is 0 Å². The van der Waals surface area contributed by atoms with Crippen molar-refractivity contribution in [1.82, 2.24) is 10.6 Å². The van der Waals surface area contributed by atoms with Crippen molar-refractivity contribution >= 4 is 5.91 Å². The fourth-order valence-electron chi connectivity index (χ4n) is 2.48. The van der Waals surface area contributed by atoms with Gasteiger partial charge in [0.2, 0.25) is 5.91 Å². The number of aliphatic hydroxyl groups is 1. The molecule has 1 saturated heterocycles. The Hall–Kier alpha value is -1.46. The predicted octanol–water partition coefficient (Wildman–Crippen LogP) is 1.36. The van der Waals surface area contributed by atoms with Crippen LogP contribution < -0.4 is 10.6 Å². The molecule has 0 bridgehead atoms. The van der Waals surface area contributed by atoms with Gasteiger partial charge in [-0.15, -0.1) is 0 Å². The summed E-state index contributed by atoms with van der Waals surface area (Å²) < 4.78 is 13.0. The first-order chi connectivity index (χ1) is 9.47. The summed E-state index contributed by atoms with van der Waals surface area (Å²) in [5.41, 5.74) is 0.883. The van der Waals surface area contributed by atoms with Gasteiger partial charge in [-0.1, -0.05) is 26.0 Å². The Bertz CT molecular complexity index is 461.